The van der Waals surface area contributed by atoms with E-state index in [0.717, 1.165) is 31.6 Å². The molecule has 1 saturated heterocycles. The number of hydrogen-bond donors (Lipinski definition) is 2. The number of aliphatic hydroxyl groups excluding tert-OH is 1. The molecule has 0 atom stereocenters. The summed E-state index contributed by atoms with van der Waals surface area (Å²) in [6, 6.07) is 5.10. The number of piperidine rings is 1. The summed E-state index contributed by atoms with van der Waals surface area (Å²) in [7, 11) is 0. The third kappa shape index (κ3) is 2.58. The molecule has 2 rings (SSSR count). The second kappa shape index (κ2) is 5.47. The molecule has 0 spiro atoms. The van der Waals surface area contributed by atoms with Crippen LogP contribution < -0.4 is 10.6 Å². The molecule has 94 valence electrons. The van der Waals surface area contributed by atoms with Gasteiger partial charge < -0.3 is 15.7 Å². The molecule has 1 heterocycles. The minimum absolute atomic E-state index is 0.224. The predicted molar refractivity (Wildman–Crippen MR) is 66.3 cm³/mol. The zero-order chi connectivity index (χ0) is 12.3. The van der Waals surface area contributed by atoms with E-state index in [1.165, 1.54) is 6.07 Å². The Kier molecular flexibility index (Phi) is 3.97. The Balaban J connectivity index is 2.15. The maximum Gasteiger partial charge on any atom is 0.129 e. The Morgan fingerprint density at radius 1 is 1.35 bits per heavy atom. The Bertz CT molecular complexity index is 376. The van der Waals surface area contributed by atoms with Crippen LogP contribution in [0.3, 0.4) is 0 Å². The number of halogens is 1. The zero-order valence-corrected chi connectivity index (χ0v) is 9.90. The second-order valence-corrected chi connectivity index (χ2v) is 4.55. The van der Waals surface area contributed by atoms with E-state index in [9.17, 15) is 4.39 Å². The number of rotatable bonds is 3. The normalized spacial score (nSPS) is 17.5. The molecule has 0 amide bonds. The van der Waals surface area contributed by atoms with Crippen molar-refractivity contribution in [3.63, 3.8) is 0 Å². The van der Waals surface area contributed by atoms with Gasteiger partial charge in [0, 0.05) is 37.5 Å². The molecule has 0 aliphatic carbocycles. The van der Waals surface area contributed by atoms with Crippen LogP contribution in [0.15, 0.2) is 18.2 Å². The zero-order valence-electron chi connectivity index (χ0n) is 9.90. The summed E-state index contributed by atoms with van der Waals surface area (Å²) < 4.78 is 13.6. The van der Waals surface area contributed by atoms with Gasteiger partial charge in [-0.1, -0.05) is 6.07 Å². The summed E-state index contributed by atoms with van der Waals surface area (Å²) >= 11 is 0. The first-order valence-electron chi connectivity index (χ1n) is 6.09. The monoisotopic (exact) mass is 238 g/mol. The SMILES string of the molecule is NCc1c(F)cccc1N1CCC(CO)CC1. The van der Waals surface area contributed by atoms with E-state index in [0.29, 0.717) is 11.5 Å². The molecule has 0 bridgehead atoms. The average Bonchev–Trinajstić information content (AvgIpc) is 2.38. The summed E-state index contributed by atoms with van der Waals surface area (Å²) in [5.41, 5.74) is 7.10. The lowest BCUT2D eigenvalue weighted by Crippen LogP contribution is -2.35. The van der Waals surface area contributed by atoms with Gasteiger partial charge >= 0.3 is 0 Å². The molecule has 1 aromatic carbocycles. The Hall–Kier alpha value is -1.13. The van der Waals surface area contributed by atoms with Crippen LogP contribution in [-0.4, -0.2) is 24.8 Å². The number of benzene rings is 1. The van der Waals surface area contributed by atoms with Crippen molar-refractivity contribution in [1.29, 1.82) is 0 Å². The fourth-order valence-corrected chi connectivity index (χ4v) is 2.40. The minimum Gasteiger partial charge on any atom is -0.396 e. The van der Waals surface area contributed by atoms with E-state index in [2.05, 4.69) is 4.90 Å². The third-order valence-corrected chi connectivity index (χ3v) is 3.51. The molecule has 3 nitrogen and oxygen atoms in total. The fraction of sp³-hybridized carbons (Fsp3) is 0.538. The summed E-state index contributed by atoms with van der Waals surface area (Å²) in [4.78, 5) is 2.16. The number of nitrogens with two attached hydrogens (primary N) is 1. The van der Waals surface area contributed by atoms with E-state index < -0.39 is 0 Å². The van der Waals surface area contributed by atoms with Gasteiger partial charge in [-0.3, -0.25) is 0 Å². The molecule has 0 saturated carbocycles. The summed E-state index contributed by atoms with van der Waals surface area (Å²) in [6.45, 7) is 2.20. The van der Waals surface area contributed by atoms with Crippen molar-refractivity contribution in [2.75, 3.05) is 24.6 Å². The van der Waals surface area contributed by atoms with E-state index in [1.807, 2.05) is 6.07 Å². The van der Waals surface area contributed by atoms with Crippen molar-refractivity contribution in [3.05, 3.63) is 29.6 Å². The van der Waals surface area contributed by atoms with Crippen molar-refractivity contribution in [3.8, 4) is 0 Å². The first kappa shape index (κ1) is 12.3. The maximum absolute atomic E-state index is 13.6. The molecule has 1 aliphatic heterocycles. The van der Waals surface area contributed by atoms with Crippen molar-refractivity contribution in [2.45, 2.75) is 19.4 Å². The van der Waals surface area contributed by atoms with Gasteiger partial charge in [0.05, 0.1) is 0 Å². The second-order valence-electron chi connectivity index (χ2n) is 4.55. The fourth-order valence-electron chi connectivity index (χ4n) is 2.40. The molecular formula is C13H19FN2O. The molecule has 17 heavy (non-hydrogen) atoms. The number of hydrogen-bond acceptors (Lipinski definition) is 3. The van der Waals surface area contributed by atoms with Gasteiger partial charge in [-0.15, -0.1) is 0 Å². The van der Waals surface area contributed by atoms with Gasteiger partial charge in [0.25, 0.3) is 0 Å². The lowest BCUT2D eigenvalue weighted by atomic mass is 9.97. The Labute approximate surface area is 101 Å². The summed E-state index contributed by atoms with van der Waals surface area (Å²) in [6.07, 6.45) is 1.91. The van der Waals surface area contributed by atoms with Gasteiger partial charge in [0.2, 0.25) is 0 Å². The minimum atomic E-state index is -0.228. The topological polar surface area (TPSA) is 49.5 Å². The first-order chi connectivity index (χ1) is 8.26. The van der Waals surface area contributed by atoms with E-state index in [4.69, 9.17) is 10.8 Å². The highest BCUT2D eigenvalue weighted by atomic mass is 19.1. The van der Waals surface area contributed by atoms with Crippen molar-refractivity contribution < 1.29 is 9.50 Å². The maximum atomic E-state index is 13.6. The smallest absolute Gasteiger partial charge is 0.129 e. The Morgan fingerprint density at radius 2 is 2.06 bits per heavy atom. The lowest BCUT2D eigenvalue weighted by molar-refractivity contribution is 0.203. The molecule has 4 heteroatoms. The van der Waals surface area contributed by atoms with Gasteiger partial charge in [0.15, 0.2) is 0 Å². The highest BCUT2D eigenvalue weighted by molar-refractivity contribution is 5.54. The van der Waals surface area contributed by atoms with Gasteiger partial charge in [-0.25, -0.2) is 4.39 Å². The van der Waals surface area contributed by atoms with Crippen LogP contribution in [0.1, 0.15) is 18.4 Å². The molecule has 1 aromatic rings. The summed E-state index contributed by atoms with van der Waals surface area (Å²) in [5.74, 6) is 0.162. The van der Waals surface area contributed by atoms with E-state index in [1.54, 1.807) is 6.07 Å². The molecule has 1 aliphatic rings. The number of anilines is 1. The third-order valence-electron chi connectivity index (χ3n) is 3.51. The van der Waals surface area contributed by atoms with Crippen LogP contribution in [0.2, 0.25) is 0 Å². The largest absolute Gasteiger partial charge is 0.396 e. The molecule has 0 radical (unpaired) electrons. The molecule has 1 fully saturated rings. The highest BCUT2D eigenvalue weighted by Crippen LogP contribution is 2.27. The molecular weight excluding hydrogens is 219 g/mol. The van der Waals surface area contributed by atoms with Gasteiger partial charge in [-0.2, -0.15) is 0 Å². The lowest BCUT2D eigenvalue weighted by Gasteiger charge is -2.34. The van der Waals surface area contributed by atoms with Crippen LogP contribution >= 0.6 is 0 Å². The van der Waals surface area contributed by atoms with Gasteiger partial charge in [-0.05, 0) is 30.9 Å². The quantitative estimate of drug-likeness (QED) is 0.839. The number of nitrogens with zero attached hydrogens (tertiary/aromatic N) is 1. The summed E-state index contributed by atoms with van der Waals surface area (Å²) in [5, 5.41) is 9.09. The highest BCUT2D eigenvalue weighted by Gasteiger charge is 2.21. The number of aliphatic hydroxyl groups is 1. The Morgan fingerprint density at radius 3 is 2.65 bits per heavy atom. The standard InChI is InChI=1S/C13H19FN2O/c14-12-2-1-3-13(11(12)8-15)16-6-4-10(9-17)5-7-16/h1-3,10,17H,4-9,15H2. The van der Waals surface area contributed by atoms with Crippen LogP contribution in [0.5, 0.6) is 0 Å². The van der Waals surface area contributed by atoms with Crippen LogP contribution in [0.25, 0.3) is 0 Å². The molecule has 0 aromatic heterocycles. The average molecular weight is 238 g/mol. The van der Waals surface area contributed by atoms with Crippen LogP contribution in [0, 0.1) is 11.7 Å². The molecule has 3 N–H and O–H groups in total. The van der Waals surface area contributed by atoms with Crippen LogP contribution in [-0.2, 0) is 6.54 Å². The first-order valence-corrected chi connectivity index (χ1v) is 6.09. The predicted octanol–water partition coefficient (Wildman–Crippen LogP) is 1.49. The van der Waals surface area contributed by atoms with Crippen molar-refractivity contribution >= 4 is 5.69 Å². The molecule has 0 unspecified atom stereocenters. The van der Waals surface area contributed by atoms with E-state index >= 15 is 0 Å². The van der Waals surface area contributed by atoms with Crippen LogP contribution in [0.4, 0.5) is 10.1 Å². The van der Waals surface area contributed by atoms with Crippen molar-refractivity contribution in [2.24, 2.45) is 11.7 Å². The van der Waals surface area contributed by atoms with E-state index in [-0.39, 0.29) is 19.0 Å². The van der Waals surface area contributed by atoms with Crippen molar-refractivity contribution in [1.82, 2.24) is 0 Å². The van der Waals surface area contributed by atoms with Gasteiger partial charge in [0.1, 0.15) is 5.82 Å².